The van der Waals surface area contributed by atoms with Crippen molar-refractivity contribution in [1.29, 1.82) is 0 Å². The van der Waals surface area contributed by atoms with Crippen LogP contribution in [-0.2, 0) is 0 Å². The van der Waals surface area contributed by atoms with Crippen molar-refractivity contribution in [1.82, 2.24) is 39.3 Å². The summed E-state index contributed by atoms with van der Waals surface area (Å²) in [5, 5.41) is 4.22. The van der Waals surface area contributed by atoms with Crippen molar-refractivity contribution in [3.8, 4) is 11.9 Å². The Morgan fingerprint density at radius 2 is 1.84 bits per heavy atom. The van der Waals surface area contributed by atoms with Gasteiger partial charge in [-0.1, -0.05) is 0 Å². The minimum absolute atomic E-state index is 0.112. The molecule has 0 aliphatic rings. The molecule has 0 aliphatic carbocycles. The van der Waals surface area contributed by atoms with Gasteiger partial charge in [-0.15, -0.1) is 5.10 Å². The van der Waals surface area contributed by atoms with Gasteiger partial charge in [-0.3, -0.25) is 4.57 Å². The smallest absolute Gasteiger partial charge is 0.258 e. The van der Waals surface area contributed by atoms with E-state index in [2.05, 4.69) is 30.0 Å². The predicted molar refractivity (Wildman–Crippen MR) is 65.8 cm³/mol. The fourth-order valence-electron chi connectivity index (χ4n) is 1.67. The van der Waals surface area contributed by atoms with E-state index < -0.39 is 0 Å². The lowest BCUT2D eigenvalue weighted by Crippen LogP contribution is -2.12. The number of anilines is 1. The van der Waals surface area contributed by atoms with Crippen molar-refractivity contribution in [2.24, 2.45) is 0 Å². The summed E-state index contributed by atoms with van der Waals surface area (Å²) in [6.45, 7) is 3.61. The topological polar surface area (TPSA) is 113 Å². The van der Waals surface area contributed by atoms with Crippen LogP contribution in [0.15, 0.2) is 18.7 Å². The highest BCUT2D eigenvalue weighted by Crippen LogP contribution is 2.08. The maximum atomic E-state index is 5.70. The first-order valence-corrected chi connectivity index (χ1v) is 5.54. The van der Waals surface area contributed by atoms with E-state index in [1.807, 2.05) is 6.92 Å². The molecule has 0 aromatic carbocycles. The summed E-state index contributed by atoms with van der Waals surface area (Å²) in [5.74, 6) is 2.14. The van der Waals surface area contributed by atoms with Crippen LogP contribution in [0.4, 0.5) is 5.95 Å². The summed E-state index contributed by atoms with van der Waals surface area (Å²) in [6, 6.07) is 0. The first-order chi connectivity index (χ1) is 9.13. The molecule has 3 rings (SSSR count). The zero-order valence-corrected chi connectivity index (χ0v) is 10.4. The molecule has 19 heavy (non-hydrogen) atoms. The van der Waals surface area contributed by atoms with Gasteiger partial charge in [0.05, 0.1) is 0 Å². The molecule has 3 aromatic heterocycles. The number of nitrogens with zero attached hydrogens (tertiary/aromatic N) is 8. The summed E-state index contributed by atoms with van der Waals surface area (Å²) in [5.41, 5.74) is 5.70. The molecule has 96 valence electrons. The van der Waals surface area contributed by atoms with Gasteiger partial charge in [-0.2, -0.15) is 19.6 Å². The highest BCUT2D eigenvalue weighted by atomic mass is 15.4. The Balaban J connectivity index is 2.15. The van der Waals surface area contributed by atoms with E-state index in [0.29, 0.717) is 23.5 Å². The molecule has 0 spiro atoms. The van der Waals surface area contributed by atoms with Crippen LogP contribution in [0.3, 0.4) is 0 Å². The Labute approximate surface area is 108 Å². The van der Waals surface area contributed by atoms with Crippen molar-refractivity contribution in [3.05, 3.63) is 30.4 Å². The zero-order valence-electron chi connectivity index (χ0n) is 10.4. The Morgan fingerprint density at radius 1 is 1.05 bits per heavy atom. The molecule has 9 nitrogen and oxygen atoms in total. The molecule has 2 N–H and O–H groups in total. The third-order valence-electron chi connectivity index (χ3n) is 2.43. The zero-order chi connectivity index (χ0) is 13.4. The van der Waals surface area contributed by atoms with Crippen molar-refractivity contribution < 1.29 is 0 Å². The predicted octanol–water partition coefficient (Wildman–Crippen LogP) is -0.163. The second-order valence-corrected chi connectivity index (χ2v) is 3.88. The number of hydrogen-bond acceptors (Lipinski definition) is 7. The average molecular weight is 257 g/mol. The fraction of sp³-hybridized carbons (Fsp3) is 0.200. The van der Waals surface area contributed by atoms with Crippen LogP contribution in [0.2, 0.25) is 0 Å². The van der Waals surface area contributed by atoms with Gasteiger partial charge >= 0.3 is 0 Å². The molecule has 0 atom stereocenters. The van der Waals surface area contributed by atoms with E-state index >= 15 is 0 Å². The van der Waals surface area contributed by atoms with Gasteiger partial charge in [0.25, 0.3) is 5.95 Å². The lowest BCUT2D eigenvalue weighted by Gasteiger charge is -2.05. The summed E-state index contributed by atoms with van der Waals surface area (Å²) >= 11 is 0. The Hall–Kier alpha value is -2.84. The molecule has 0 fully saturated rings. The molecular formula is C10H11N9. The largest absolute Gasteiger partial charge is 0.368 e. The molecule has 0 aliphatic heterocycles. The SMILES string of the molecule is Cc1nc(C)n(-c2nc(N)nc(-n3ccnc3)n2)n1. The average Bonchev–Trinajstić information content (AvgIpc) is 2.98. The van der Waals surface area contributed by atoms with Gasteiger partial charge in [-0.05, 0) is 13.8 Å². The minimum Gasteiger partial charge on any atom is -0.368 e. The molecule has 9 heteroatoms. The number of nitrogens with two attached hydrogens (primary N) is 1. The van der Waals surface area contributed by atoms with Crippen LogP contribution < -0.4 is 5.73 Å². The Morgan fingerprint density at radius 3 is 2.47 bits per heavy atom. The van der Waals surface area contributed by atoms with Crippen LogP contribution in [0.5, 0.6) is 0 Å². The summed E-state index contributed by atoms with van der Waals surface area (Å²) in [6.07, 6.45) is 4.93. The van der Waals surface area contributed by atoms with Crippen LogP contribution in [0.25, 0.3) is 11.9 Å². The number of aryl methyl sites for hydroxylation is 2. The third kappa shape index (κ3) is 2.01. The molecule has 0 saturated heterocycles. The van der Waals surface area contributed by atoms with Crippen molar-refractivity contribution in [2.75, 3.05) is 5.73 Å². The first-order valence-electron chi connectivity index (χ1n) is 5.54. The summed E-state index contributed by atoms with van der Waals surface area (Å²) < 4.78 is 3.16. The van der Waals surface area contributed by atoms with Crippen LogP contribution in [0.1, 0.15) is 11.6 Å². The third-order valence-corrected chi connectivity index (χ3v) is 2.43. The Bertz CT molecular complexity index is 713. The first kappa shape index (κ1) is 11.3. The number of imidazole rings is 1. The maximum Gasteiger partial charge on any atom is 0.258 e. The quantitative estimate of drug-likeness (QED) is 0.678. The Kier molecular flexibility index (Phi) is 2.44. The van der Waals surface area contributed by atoms with Gasteiger partial charge in [0.2, 0.25) is 11.9 Å². The highest BCUT2D eigenvalue weighted by Gasteiger charge is 2.11. The number of aromatic nitrogens is 8. The maximum absolute atomic E-state index is 5.70. The van der Waals surface area contributed by atoms with Crippen LogP contribution in [0, 0.1) is 13.8 Å². The molecule has 0 amide bonds. The van der Waals surface area contributed by atoms with Crippen LogP contribution in [-0.4, -0.2) is 39.3 Å². The van der Waals surface area contributed by atoms with Gasteiger partial charge in [0.1, 0.15) is 18.0 Å². The normalized spacial score (nSPS) is 10.8. The van der Waals surface area contributed by atoms with Crippen molar-refractivity contribution >= 4 is 5.95 Å². The van der Waals surface area contributed by atoms with E-state index in [-0.39, 0.29) is 5.95 Å². The van der Waals surface area contributed by atoms with E-state index in [1.165, 1.54) is 4.68 Å². The monoisotopic (exact) mass is 257 g/mol. The van der Waals surface area contributed by atoms with Crippen molar-refractivity contribution in [3.63, 3.8) is 0 Å². The van der Waals surface area contributed by atoms with Gasteiger partial charge in [-0.25, -0.2) is 9.97 Å². The second-order valence-electron chi connectivity index (χ2n) is 3.88. The lowest BCUT2D eigenvalue weighted by molar-refractivity contribution is 0.750. The van der Waals surface area contributed by atoms with E-state index in [9.17, 15) is 0 Å². The number of hydrogen-bond donors (Lipinski definition) is 1. The summed E-state index contributed by atoms with van der Waals surface area (Å²) in [7, 11) is 0. The van der Waals surface area contributed by atoms with E-state index in [1.54, 1.807) is 30.2 Å². The van der Waals surface area contributed by atoms with Gasteiger partial charge in [0, 0.05) is 12.4 Å². The molecular weight excluding hydrogens is 246 g/mol. The standard InChI is InChI=1S/C10H11N9/c1-6-13-7(2)19(17-6)10-15-8(11)14-9(16-10)18-4-3-12-5-18/h3-5H,1-2H3,(H2,11,14,15,16). The molecule has 0 unspecified atom stereocenters. The van der Waals surface area contributed by atoms with Crippen molar-refractivity contribution in [2.45, 2.75) is 13.8 Å². The lowest BCUT2D eigenvalue weighted by atomic mass is 10.7. The second kappa shape index (κ2) is 4.12. The van der Waals surface area contributed by atoms with Crippen LogP contribution >= 0.6 is 0 Å². The van der Waals surface area contributed by atoms with E-state index in [0.717, 1.165) is 0 Å². The molecule has 0 saturated carbocycles. The van der Waals surface area contributed by atoms with Gasteiger partial charge in [0.15, 0.2) is 0 Å². The summed E-state index contributed by atoms with van der Waals surface area (Å²) in [4.78, 5) is 20.6. The highest BCUT2D eigenvalue weighted by molar-refractivity contribution is 5.28. The van der Waals surface area contributed by atoms with E-state index in [4.69, 9.17) is 5.73 Å². The minimum atomic E-state index is 0.112. The molecule has 0 radical (unpaired) electrons. The molecule has 0 bridgehead atoms. The molecule has 3 heterocycles. The molecule has 3 aromatic rings. The van der Waals surface area contributed by atoms with Gasteiger partial charge < -0.3 is 5.73 Å². The number of rotatable bonds is 2. The number of nitrogen functional groups attached to an aromatic ring is 1. The fourth-order valence-corrected chi connectivity index (χ4v) is 1.67.